The van der Waals surface area contributed by atoms with Crippen LogP contribution in [0.25, 0.3) is 11.1 Å². The van der Waals surface area contributed by atoms with E-state index < -0.39 is 0 Å². The summed E-state index contributed by atoms with van der Waals surface area (Å²) >= 11 is 0. The van der Waals surface area contributed by atoms with E-state index in [0.29, 0.717) is 19.7 Å². The Morgan fingerprint density at radius 2 is 1.77 bits per heavy atom. The summed E-state index contributed by atoms with van der Waals surface area (Å²) in [7, 11) is 0. The van der Waals surface area contributed by atoms with Gasteiger partial charge < -0.3 is 15.0 Å². The second-order valence-electron chi connectivity index (χ2n) is 7.99. The number of nitrogens with zero attached hydrogens (tertiary/aromatic N) is 2. The number of pyridine rings is 1. The molecule has 2 heterocycles. The minimum absolute atomic E-state index is 0.0762. The summed E-state index contributed by atoms with van der Waals surface area (Å²) in [5.41, 5.74) is 7.03. The van der Waals surface area contributed by atoms with Crippen LogP contribution in [0.2, 0.25) is 0 Å². The number of nitrogens with one attached hydrogen (secondary N) is 1. The molecule has 0 saturated carbocycles. The van der Waals surface area contributed by atoms with E-state index >= 15 is 0 Å². The molecule has 30 heavy (non-hydrogen) atoms. The lowest BCUT2D eigenvalue weighted by Gasteiger charge is -2.33. The number of aromatic nitrogens is 1. The predicted molar refractivity (Wildman–Crippen MR) is 116 cm³/mol. The van der Waals surface area contributed by atoms with E-state index in [2.05, 4.69) is 64.9 Å². The number of amides is 1. The zero-order valence-corrected chi connectivity index (χ0v) is 17.0. The van der Waals surface area contributed by atoms with E-state index in [0.717, 1.165) is 17.8 Å². The highest BCUT2D eigenvalue weighted by Crippen LogP contribution is 2.44. The third-order valence-electron chi connectivity index (χ3n) is 6.11. The van der Waals surface area contributed by atoms with Crippen molar-refractivity contribution < 1.29 is 9.53 Å². The van der Waals surface area contributed by atoms with Gasteiger partial charge in [0.2, 0.25) is 0 Å². The molecule has 1 fully saturated rings. The number of hydrogen-bond donors (Lipinski definition) is 1. The van der Waals surface area contributed by atoms with Gasteiger partial charge in [0.25, 0.3) is 0 Å². The van der Waals surface area contributed by atoms with Crippen molar-refractivity contribution in [3.8, 4) is 11.1 Å². The summed E-state index contributed by atoms with van der Waals surface area (Å²) in [6.45, 7) is 4.30. The van der Waals surface area contributed by atoms with Crippen molar-refractivity contribution in [2.45, 2.75) is 18.9 Å². The SMILES string of the molecule is Cc1ccc(C2CN(C(=O)OCC3c4ccccc4-c4ccccc43)CCN2)cn1. The van der Waals surface area contributed by atoms with Crippen LogP contribution in [0.4, 0.5) is 4.79 Å². The number of rotatable bonds is 3. The molecular formula is C25H25N3O2. The van der Waals surface area contributed by atoms with Crippen molar-refractivity contribution in [1.82, 2.24) is 15.2 Å². The van der Waals surface area contributed by atoms with Crippen LogP contribution in [0.15, 0.2) is 66.9 Å². The third-order valence-corrected chi connectivity index (χ3v) is 6.11. The summed E-state index contributed by atoms with van der Waals surface area (Å²) in [5.74, 6) is 0.0846. The van der Waals surface area contributed by atoms with Gasteiger partial charge in [-0.2, -0.15) is 0 Å². The zero-order chi connectivity index (χ0) is 20.5. The lowest BCUT2D eigenvalue weighted by molar-refractivity contribution is 0.0883. The highest BCUT2D eigenvalue weighted by Gasteiger charge is 2.31. The van der Waals surface area contributed by atoms with Gasteiger partial charge in [0.05, 0.1) is 6.04 Å². The first-order valence-electron chi connectivity index (χ1n) is 10.5. The Hall–Kier alpha value is -3.18. The molecule has 1 aliphatic carbocycles. The first-order valence-corrected chi connectivity index (χ1v) is 10.5. The Balaban J connectivity index is 1.28. The van der Waals surface area contributed by atoms with Crippen LogP contribution in [0.3, 0.4) is 0 Å². The number of ether oxygens (including phenoxy) is 1. The molecule has 1 N–H and O–H groups in total. The van der Waals surface area contributed by atoms with E-state index in [-0.39, 0.29) is 18.1 Å². The maximum absolute atomic E-state index is 12.9. The summed E-state index contributed by atoms with van der Waals surface area (Å²) < 4.78 is 5.83. The van der Waals surface area contributed by atoms with Crippen LogP contribution >= 0.6 is 0 Å². The molecule has 0 spiro atoms. The fourth-order valence-electron chi connectivity index (χ4n) is 4.51. The van der Waals surface area contributed by atoms with Crippen LogP contribution in [0.1, 0.15) is 34.3 Å². The summed E-state index contributed by atoms with van der Waals surface area (Å²) in [5, 5.41) is 3.47. The van der Waals surface area contributed by atoms with Crippen LogP contribution < -0.4 is 5.32 Å². The highest BCUT2D eigenvalue weighted by molar-refractivity contribution is 5.79. The maximum Gasteiger partial charge on any atom is 0.409 e. The van der Waals surface area contributed by atoms with Crippen LogP contribution in [0.5, 0.6) is 0 Å². The van der Waals surface area contributed by atoms with Gasteiger partial charge in [-0.1, -0.05) is 54.6 Å². The van der Waals surface area contributed by atoms with Gasteiger partial charge in [-0.15, -0.1) is 0 Å². The van der Waals surface area contributed by atoms with Gasteiger partial charge in [-0.25, -0.2) is 4.79 Å². The average molecular weight is 399 g/mol. The topological polar surface area (TPSA) is 54.5 Å². The van der Waals surface area contributed by atoms with Gasteiger partial charge in [-0.05, 0) is 40.8 Å². The molecule has 1 saturated heterocycles. The largest absolute Gasteiger partial charge is 0.448 e. The molecule has 1 aliphatic heterocycles. The molecule has 1 amide bonds. The number of carbonyl (C=O) groups is 1. The number of benzene rings is 2. The van der Waals surface area contributed by atoms with Crippen molar-refractivity contribution in [2.24, 2.45) is 0 Å². The summed E-state index contributed by atoms with van der Waals surface area (Å²) in [6.07, 6.45) is 1.64. The van der Waals surface area contributed by atoms with Gasteiger partial charge >= 0.3 is 6.09 Å². The lowest BCUT2D eigenvalue weighted by atomic mass is 9.98. The predicted octanol–water partition coefficient (Wildman–Crippen LogP) is 4.29. The van der Waals surface area contributed by atoms with Crippen molar-refractivity contribution in [1.29, 1.82) is 0 Å². The van der Waals surface area contributed by atoms with Crippen molar-refractivity contribution in [3.05, 3.63) is 89.2 Å². The second kappa shape index (κ2) is 7.92. The molecule has 1 unspecified atom stereocenters. The quantitative estimate of drug-likeness (QED) is 0.714. The van der Waals surface area contributed by atoms with Gasteiger partial charge in [-0.3, -0.25) is 4.98 Å². The number of aryl methyl sites for hydroxylation is 1. The fraction of sp³-hybridized carbons (Fsp3) is 0.280. The molecule has 152 valence electrons. The Kier molecular flexibility index (Phi) is 4.97. The standard InChI is InChI=1S/C25H25N3O2/c1-17-10-11-18(14-27-17)24-15-28(13-12-26-24)25(29)30-16-23-21-8-4-2-6-19(21)20-7-3-5-9-22(20)23/h2-11,14,23-24,26H,12-13,15-16H2,1H3. The second-order valence-corrected chi connectivity index (χ2v) is 7.99. The first kappa shape index (κ1) is 18.8. The molecule has 1 aromatic heterocycles. The van der Waals surface area contributed by atoms with Crippen LogP contribution in [-0.4, -0.2) is 42.2 Å². The molecule has 2 aliphatic rings. The molecule has 1 atom stereocenters. The molecule has 0 radical (unpaired) electrons. The Bertz CT molecular complexity index is 1020. The molecule has 2 aromatic carbocycles. The minimum Gasteiger partial charge on any atom is -0.448 e. The number of hydrogen-bond acceptors (Lipinski definition) is 4. The fourth-order valence-corrected chi connectivity index (χ4v) is 4.51. The maximum atomic E-state index is 12.9. The Morgan fingerprint density at radius 1 is 1.07 bits per heavy atom. The molecule has 3 aromatic rings. The van der Waals surface area contributed by atoms with E-state index in [4.69, 9.17) is 4.74 Å². The van der Waals surface area contributed by atoms with Crippen LogP contribution in [-0.2, 0) is 4.74 Å². The molecule has 0 bridgehead atoms. The van der Waals surface area contributed by atoms with Crippen LogP contribution in [0, 0.1) is 6.92 Å². The average Bonchev–Trinajstić information content (AvgIpc) is 3.12. The molecule has 5 heteroatoms. The van der Waals surface area contributed by atoms with E-state index in [9.17, 15) is 4.79 Å². The molecule has 5 nitrogen and oxygen atoms in total. The van der Waals surface area contributed by atoms with Crippen molar-refractivity contribution >= 4 is 6.09 Å². The van der Waals surface area contributed by atoms with Gasteiger partial charge in [0.15, 0.2) is 0 Å². The minimum atomic E-state index is -0.247. The third kappa shape index (κ3) is 3.46. The monoisotopic (exact) mass is 399 g/mol. The zero-order valence-electron chi connectivity index (χ0n) is 17.0. The Morgan fingerprint density at radius 3 is 2.43 bits per heavy atom. The molecule has 5 rings (SSSR count). The first-order chi connectivity index (χ1) is 14.7. The van der Waals surface area contributed by atoms with E-state index in [1.165, 1.54) is 22.3 Å². The number of piperazine rings is 1. The van der Waals surface area contributed by atoms with Crippen molar-refractivity contribution in [2.75, 3.05) is 26.2 Å². The summed E-state index contributed by atoms with van der Waals surface area (Å²) in [6, 6.07) is 20.9. The Labute approximate surface area is 176 Å². The lowest BCUT2D eigenvalue weighted by Crippen LogP contribution is -2.48. The number of fused-ring (bicyclic) bond motifs is 3. The van der Waals surface area contributed by atoms with E-state index in [1.54, 1.807) is 4.90 Å². The normalized spacial score (nSPS) is 18.0. The smallest absolute Gasteiger partial charge is 0.409 e. The van der Waals surface area contributed by atoms with Gasteiger partial charge in [0, 0.05) is 37.4 Å². The van der Waals surface area contributed by atoms with Crippen molar-refractivity contribution in [3.63, 3.8) is 0 Å². The number of carbonyl (C=O) groups excluding carboxylic acids is 1. The van der Waals surface area contributed by atoms with E-state index in [1.807, 2.05) is 19.2 Å². The summed E-state index contributed by atoms with van der Waals surface area (Å²) in [4.78, 5) is 19.1. The van der Waals surface area contributed by atoms with Gasteiger partial charge in [0.1, 0.15) is 6.61 Å². The highest BCUT2D eigenvalue weighted by atomic mass is 16.6. The molecular weight excluding hydrogens is 374 g/mol.